The van der Waals surface area contributed by atoms with Gasteiger partial charge in [0, 0.05) is 19.5 Å². The molecule has 0 N–H and O–H groups in total. The summed E-state index contributed by atoms with van der Waals surface area (Å²) >= 11 is 0. The van der Waals surface area contributed by atoms with Gasteiger partial charge >= 0.3 is 0 Å². The third-order valence-corrected chi connectivity index (χ3v) is 5.69. The van der Waals surface area contributed by atoms with E-state index in [9.17, 15) is 10.1 Å². The maximum Gasteiger partial charge on any atom is 0.219 e. The molecule has 3 rings (SSSR count). The van der Waals surface area contributed by atoms with Crippen LogP contribution in [0.15, 0.2) is 54.6 Å². The summed E-state index contributed by atoms with van der Waals surface area (Å²) in [5.41, 5.74) is 1.65. The van der Waals surface area contributed by atoms with Crippen molar-refractivity contribution in [1.82, 2.24) is 4.90 Å². The fourth-order valence-corrected chi connectivity index (χ4v) is 4.07. The third-order valence-electron chi connectivity index (χ3n) is 5.69. The molecule has 0 radical (unpaired) electrons. The zero-order valence-corrected chi connectivity index (χ0v) is 16.0. The molecule has 1 fully saturated rings. The fraction of sp³-hybridized carbons (Fsp3) is 0.391. The number of ether oxygens (including phenoxy) is 1. The van der Waals surface area contributed by atoms with Crippen LogP contribution in [0.4, 0.5) is 0 Å². The lowest BCUT2D eigenvalue weighted by Crippen LogP contribution is -2.43. The lowest BCUT2D eigenvalue weighted by molar-refractivity contribution is -0.132. The number of carbonyl (C=O) groups excluding carboxylic acids is 1. The summed E-state index contributed by atoms with van der Waals surface area (Å²) in [6.07, 6.45) is 3.16. The van der Waals surface area contributed by atoms with E-state index in [4.69, 9.17) is 4.74 Å². The minimum Gasteiger partial charge on any atom is -0.497 e. The van der Waals surface area contributed by atoms with Crippen LogP contribution >= 0.6 is 0 Å². The average Bonchev–Trinajstić information content (AvgIpc) is 2.73. The molecule has 1 aliphatic rings. The van der Waals surface area contributed by atoms with Gasteiger partial charge in [-0.2, -0.15) is 5.26 Å². The monoisotopic (exact) mass is 362 g/mol. The number of benzene rings is 2. The van der Waals surface area contributed by atoms with E-state index in [1.54, 1.807) is 14.0 Å². The highest BCUT2D eigenvalue weighted by Gasteiger charge is 2.39. The summed E-state index contributed by atoms with van der Waals surface area (Å²) in [4.78, 5) is 14.2. The van der Waals surface area contributed by atoms with E-state index in [-0.39, 0.29) is 11.9 Å². The Morgan fingerprint density at radius 1 is 1.19 bits per heavy atom. The highest BCUT2D eigenvalue weighted by atomic mass is 16.5. The third kappa shape index (κ3) is 4.14. The zero-order chi connectivity index (χ0) is 19.3. The van der Waals surface area contributed by atoms with Crippen molar-refractivity contribution in [3.8, 4) is 11.8 Å². The number of carbonyl (C=O) groups is 1. The van der Waals surface area contributed by atoms with E-state index in [2.05, 4.69) is 18.2 Å². The first-order valence-electron chi connectivity index (χ1n) is 9.45. The Bertz CT molecular complexity index is 818. The Kier molecular flexibility index (Phi) is 5.81. The van der Waals surface area contributed by atoms with Crippen LogP contribution in [-0.4, -0.2) is 24.0 Å². The van der Waals surface area contributed by atoms with E-state index in [0.717, 1.165) is 42.6 Å². The number of amides is 1. The van der Waals surface area contributed by atoms with E-state index in [0.29, 0.717) is 6.54 Å². The Labute approximate surface area is 161 Å². The summed E-state index contributed by atoms with van der Waals surface area (Å²) in [6.45, 7) is 2.26. The molecule has 2 aromatic rings. The van der Waals surface area contributed by atoms with Crippen LogP contribution in [-0.2, 0) is 16.8 Å². The SMILES string of the molecule is COc1cccc(C2(C#N)CCC(N(Cc3ccccc3)C(C)=O)CC2)c1. The molecule has 140 valence electrons. The Morgan fingerprint density at radius 2 is 1.89 bits per heavy atom. The molecule has 0 saturated heterocycles. The molecule has 4 heteroatoms. The highest BCUT2D eigenvalue weighted by Crippen LogP contribution is 2.41. The summed E-state index contributed by atoms with van der Waals surface area (Å²) in [6, 6.07) is 20.6. The van der Waals surface area contributed by atoms with Gasteiger partial charge in [0.05, 0.1) is 18.6 Å². The van der Waals surface area contributed by atoms with Crippen molar-refractivity contribution in [2.75, 3.05) is 7.11 Å². The van der Waals surface area contributed by atoms with E-state index >= 15 is 0 Å². The smallest absolute Gasteiger partial charge is 0.219 e. The normalized spacial score (nSPS) is 21.9. The first-order chi connectivity index (χ1) is 13.1. The first-order valence-corrected chi connectivity index (χ1v) is 9.45. The molecule has 0 atom stereocenters. The van der Waals surface area contributed by atoms with Gasteiger partial charge in [-0.1, -0.05) is 42.5 Å². The summed E-state index contributed by atoms with van der Waals surface area (Å²) in [5, 5.41) is 9.96. The largest absolute Gasteiger partial charge is 0.497 e. The molecule has 1 saturated carbocycles. The number of hydrogen-bond donors (Lipinski definition) is 0. The lowest BCUT2D eigenvalue weighted by atomic mass is 9.69. The van der Waals surface area contributed by atoms with E-state index < -0.39 is 5.41 Å². The minimum atomic E-state index is -0.500. The maximum absolute atomic E-state index is 12.3. The number of nitriles is 1. The molecule has 0 heterocycles. The molecule has 2 aromatic carbocycles. The number of nitrogens with zero attached hydrogens (tertiary/aromatic N) is 2. The van der Waals surface area contributed by atoms with Gasteiger partial charge < -0.3 is 9.64 Å². The van der Waals surface area contributed by atoms with Gasteiger partial charge in [0.1, 0.15) is 5.75 Å². The molecule has 27 heavy (non-hydrogen) atoms. The highest BCUT2D eigenvalue weighted by molar-refractivity contribution is 5.73. The zero-order valence-electron chi connectivity index (χ0n) is 16.0. The minimum absolute atomic E-state index is 0.0923. The summed E-state index contributed by atoms with van der Waals surface area (Å²) in [5.74, 6) is 0.869. The van der Waals surface area contributed by atoms with Crippen LogP contribution in [0.1, 0.15) is 43.7 Å². The van der Waals surface area contributed by atoms with E-state index in [1.165, 1.54) is 0 Å². The van der Waals surface area contributed by atoms with Gasteiger partial charge in [-0.05, 0) is 48.9 Å². The van der Waals surface area contributed by atoms with Gasteiger partial charge in [-0.15, -0.1) is 0 Å². The molecule has 0 aromatic heterocycles. The molecule has 0 spiro atoms. The van der Waals surface area contributed by atoms with Gasteiger partial charge in [0.15, 0.2) is 0 Å². The number of rotatable bonds is 5. The maximum atomic E-state index is 12.3. The standard InChI is InChI=1S/C23H26N2O2/c1-18(26)25(16-19-7-4-3-5-8-19)21-11-13-23(17-24,14-12-21)20-9-6-10-22(15-20)27-2/h3-10,15,21H,11-14,16H2,1-2H3. The quantitative estimate of drug-likeness (QED) is 0.790. The van der Waals surface area contributed by atoms with Gasteiger partial charge in [-0.25, -0.2) is 0 Å². The van der Waals surface area contributed by atoms with Crippen LogP contribution in [0.3, 0.4) is 0 Å². The Morgan fingerprint density at radius 3 is 2.48 bits per heavy atom. The molecule has 0 aliphatic heterocycles. The molecule has 1 aliphatic carbocycles. The molecular formula is C23H26N2O2. The lowest BCUT2D eigenvalue weighted by Gasteiger charge is -2.40. The molecule has 0 unspecified atom stereocenters. The van der Waals surface area contributed by atoms with Crippen LogP contribution in [0.25, 0.3) is 0 Å². The summed E-state index contributed by atoms with van der Waals surface area (Å²) in [7, 11) is 1.64. The van der Waals surface area contributed by atoms with Gasteiger partial charge in [0.2, 0.25) is 5.91 Å². The van der Waals surface area contributed by atoms with Crippen LogP contribution in [0, 0.1) is 11.3 Å². The Balaban J connectivity index is 1.75. The van der Waals surface area contributed by atoms with Gasteiger partial charge in [-0.3, -0.25) is 4.79 Å². The second kappa shape index (κ2) is 8.26. The first kappa shape index (κ1) is 19.0. The second-order valence-electron chi connectivity index (χ2n) is 7.29. The van der Waals surface area contributed by atoms with Crippen LogP contribution in [0.5, 0.6) is 5.75 Å². The van der Waals surface area contributed by atoms with Crippen molar-refractivity contribution >= 4 is 5.91 Å². The molecule has 4 nitrogen and oxygen atoms in total. The second-order valence-corrected chi connectivity index (χ2v) is 7.29. The van der Waals surface area contributed by atoms with Crippen molar-refractivity contribution in [3.05, 3.63) is 65.7 Å². The van der Waals surface area contributed by atoms with Crippen molar-refractivity contribution < 1.29 is 9.53 Å². The summed E-state index contributed by atoms with van der Waals surface area (Å²) < 4.78 is 5.33. The van der Waals surface area contributed by atoms with Crippen molar-refractivity contribution in [2.45, 2.75) is 50.6 Å². The van der Waals surface area contributed by atoms with E-state index in [1.807, 2.05) is 47.4 Å². The topological polar surface area (TPSA) is 53.3 Å². The van der Waals surface area contributed by atoms with Crippen molar-refractivity contribution in [1.29, 1.82) is 5.26 Å². The fourth-order valence-electron chi connectivity index (χ4n) is 4.07. The molecule has 0 bridgehead atoms. The predicted octanol–water partition coefficient (Wildman–Crippen LogP) is 4.45. The number of methoxy groups -OCH3 is 1. The Hall–Kier alpha value is -2.80. The van der Waals surface area contributed by atoms with Crippen LogP contribution < -0.4 is 4.74 Å². The molecule has 1 amide bonds. The predicted molar refractivity (Wildman–Crippen MR) is 105 cm³/mol. The van der Waals surface area contributed by atoms with Crippen molar-refractivity contribution in [2.24, 2.45) is 0 Å². The number of hydrogen-bond acceptors (Lipinski definition) is 3. The molecular weight excluding hydrogens is 336 g/mol. The van der Waals surface area contributed by atoms with Gasteiger partial charge in [0.25, 0.3) is 0 Å². The average molecular weight is 362 g/mol. The van der Waals surface area contributed by atoms with Crippen molar-refractivity contribution in [3.63, 3.8) is 0 Å². The van der Waals surface area contributed by atoms with Crippen LogP contribution in [0.2, 0.25) is 0 Å².